The summed E-state index contributed by atoms with van der Waals surface area (Å²) >= 11 is 6.14. The first kappa shape index (κ1) is 20.7. The smallest absolute Gasteiger partial charge is 0.317 e. The van der Waals surface area contributed by atoms with Crippen LogP contribution in [0.15, 0.2) is 12.1 Å². The zero-order valence-electron chi connectivity index (χ0n) is 13.0. The molecule has 0 aromatic heterocycles. The first-order valence-corrected chi connectivity index (χ1v) is 7.22. The minimum atomic E-state index is -0.944. The average Bonchev–Trinajstić information content (AvgIpc) is 2.33. The maximum atomic E-state index is 12.1. The number of carboxylic acid groups (broad SMARTS) is 1. The van der Waals surface area contributed by atoms with Gasteiger partial charge in [0.1, 0.15) is 0 Å². The van der Waals surface area contributed by atoms with Crippen LogP contribution >= 0.6 is 24.0 Å². The second-order valence-corrected chi connectivity index (χ2v) is 5.50. The van der Waals surface area contributed by atoms with Crippen molar-refractivity contribution in [1.82, 2.24) is 4.90 Å². The Morgan fingerprint density at radius 1 is 1.27 bits per heavy atom. The molecule has 5 nitrogen and oxygen atoms in total. The highest BCUT2D eigenvalue weighted by molar-refractivity contribution is 6.34. The van der Waals surface area contributed by atoms with Crippen molar-refractivity contribution < 1.29 is 14.7 Å². The van der Waals surface area contributed by atoms with Crippen molar-refractivity contribution in [2.45, 2.75) is 27.2 Å². The number of carbonyl (C=O) groups is 2. The number of nitrogens with zero attached hydrogens (tertiary/aromatic N) is 1. The predicted molar refractivity (Wildman–Crippen MR) is 91.2 cm³/mol. The second kappa shape index (κ2) is 9.66. The Morgan fingerprint density at radius 2 is 1.91 bits per heavy atom. The van der Waals surface area contributed by atoms with Gasteiger partial charge in [0.2, 0.25) is 5.91 Å². The van der Waals surface area contributed by atoms with Crippen molar-refractivity contribution in [3.63, 3.8) is 0 Å². The predicted octanol–water partition coefficient (Wildman–Crippen LogP) is 3.11. The molecule has 22 heavy (non-hydrogen) atoms. The topological polar surface area (TPSA) is 69.6 Å². The summed E-state index contributed by atoms with van der Waals surface area (Å²) in [5.41, 5.74) is 2.49. The molecule has 1 aromatic carbocycles. The van der Waals surface area contributed by atoms with Crippen LogP contribution in [0, 0.1) is 13.8 Å². The molecule has 2 N–H and O–H groups in total. The number of amides is 1. The van der Waals surface area contributed by atoms with Crippen LogP contribution in [0.4, 0.5) is 5.69 Å². The Kier molecular flexibility index (Phi) is 9.09. The van der Waals surface area contributed by atoms with Crippen molar-refractivity contribution in [2.75, 3.05) is 25.0 Å². The Morgan fingerprint density at radius 3 is 2.41 bits per heavy atom. The lowest BCUT2D eigenvalue weighted by Gasteiger charge is -2.19. The molecule has 0 aliphatic heterocycles. The maximum Gasteiger partial charge on any atom is 0.317 e. The van der Waals surface area contributed by atoms with Gasteiger partial charge in [-0.15, -0.1) is 12.4 Å². The number of hydrogen-bond donors (Lipinski definition) is 2. The summed E-state index contributed by atoms with van der Waals surface area (Å²) in [4.78, 5) is 24.4. The molecular formula is C15H22Cl2N2O3. The van der Waals surface area contributed by atoms with E-state index in [-0.39, 0.29) is 31.4 Å². The van der Waals surface area contributed by atoms with Gasteiger partial charge in [-0.3, -0.25) is 14.5 Å². The molecular weight excluding hydrogens is 327 g/mol. The van der Waals surface area contributed by atoms with Crippen LogP contribution in [-0.2, 0) is 9.59 Å². The Bertz CT molecular complexity index is 513. The molecule has 0 fully saturated rings. The lowest BCUT2D eigenvalue weighted by molar-refractivity contribution is -0.138. The highest BCUT2D eigenvalue weighted by Crippen LogP contribution is 2.27. The van der Waals surface area contributed by atoms with Crippen molar-refractivity contribution in [2.24, 2.45) is 0 Å². The van der Waals surface area contributed by atoms with E-state index in [4.69, 9.17) is 16.7 Å². The van der Waals surface area contributed by atoms with Gasteiger partial charge in [0.25, 0.3) is 0 Å². The third-order valence-corrected chi connectivity index (χ3v) is 3.26. The first-order chi connectivity index (χ1) is 9.83. The Balaban J connectivity index is 0.00000441. The molecule has 0 spiro atoms. The van der Waals surface area contributed by atoms with Gasteiger partial charge in [0, 0.05) is 0 Å². The van der Waals surface area contributed by atoms with Crippen molar-refractivity contribution in [1.29, 1.82) is 0 Å². The van der Waals surface area contributed by atoms with Gasteiger partial charge < -0.3 is 10.4 Å². The number of anilines is 1. The Hall–Kier alpha value is -1.30. The molecule has 7 heteroatoms. The van der Waals surface area contributed by atoms with Gasteiger partial charge in [-0.2, -0.15) is 0 Å². The molecule has 0 aliphatic rings. The molecule has 0 heterocycles. The summed E-state index contributed by atoms with van der Waals surface area (Å²) in [5, 5.41) is 12.1. The van der Waals surface area contributed by atoms with Crippen molar-refractivity contribution >= 4 is 41.6 Å². The molecule has 0 atom stereocenters. The van der Waals surface area contributed by atoms with Gasteiger partial charge in [-0.05, 0) is 44.0 Å². The normalized spacial score (nSPS) is 10.2. The van der Waals surface area contributed by atoms with E-state index in [2.05, 4.69) is 5.32 Å². The molecule has 0 bridgehead atoms. The van der Waals surface area contributed by atoms with Gasteiger partial charge >= 0.3 is 5.97 Å². The fourth-order valence-electron chi connectivity index (χ4n) is 2.18. The number of hydrogen-bond acceptors (Lipinski definition) is 3. The highest BCUT2D eigenvalue weighted by atomic mass is 35.5. The molecule has 0 aliphatic carbocycles. The zero-order valence-corrected chi connectivity index (χ0v) is 14.6. The van der Waals surface area contributed by atoms with E-state index in [1.165, 1.54) is 0 Å². The summed E-state index contributed by atoms with van der Waals surface area (Å²) in [6, 6.07) is 3.72. The van der Waals surface area contributed by atoms with Crippen molar-refractivity contribution in [3.8, 4) is 0 Å². The van der Waals surface area contributed by atoms with Crippen LogP contribution in [0.2, 0.25) is 5.02 Å². The van der Waals surface area contributed by atoms with E-state index in [0.29, 0.717) is 17.3 Å². The molecule has 0 saturated carbocycles. The largest absolute Gasteiger partial charge is 0.480 e. The molecule has 0 radical (unpaired) electrons. The van der Waals surface area contributed by atoms with Crippen LogP contribution in [-0.4, -0.2) is 41.5 Å². The lowest BCUT2D eigenvalue weighted by Crippen LogP contribution is -2.37. The zero-order chi connectivity index (χ0) is 16.0. The van der Waals surface area contributed by atoms with E-state index in [1.54, 1.807) is 11.0 Å². The fraction of sp³-hybridized carbons (Fsp3) is 0.467. The molecule has 0 saturated heterocycles. The summed E-state index contributed by atoms with van der Waals surface area (Å²) in [7, 11) is 0. The summed E-state index contributed by atoms with van der Waals surface area (Å²) in [5.74, 6) is -1.21. The number of aryl methyl sites for hydroxylation is 2. The van der Waals surface area contributed by atoms with E-state index >= 15 is 0 Å². The van der Waals surface area contributed by atoms with Gasteiger partial charge in [0.05, 0.1) is 23.8 Å². The van der Waals surface area contributed by atoms with E-state index in [9.17, 15) is 9.59 Å². The third-order valence-electron chi connectivity index (χ3n) is 2.96. The second-order valence-electron chi connectivity index (χ2n) is 5.09. The summed E-state index contributed by atoms with van der Waals surface area (Å²) in [6.45, 7) is 6.18. The van der Waals surface area contributed by atoms with Gasteiger partial charge in [-0.25, -0.2) is 0 Å². The molecule has 0 unspecified atom stereocenters. The number of carbonyl (C=O) groups excluding carboxylic acids is 1. The quantitative estimate of drug-likeness (QED) is 0.794. The van der Waals surface area contributed by atoms with E-state index in [0.717, 1.165) is 17.5 Å². The van der Waals surface area contributed by atoms with Crippen LogP contribution < -0.4 is 5.32 Å². The monoisotopic (exact) mass is 348 g/mol. The molecule has 1 rings (SSSR count). The summed E-state index contributed by atoms with van der Waals surface area (Å²) in [6.07, 6.45) is 0.783. The van der Waals surface area contributed by atoms with Gasteiger partial charge in [-0.1, -0.05) is 24.6 Å². The van der Waals surface area contributed by atoms with E-state index < -0.39 is 5.97 Å². The number of halogens is 2. The number of aliphatic carboxylic acids is 1. The molecule has 1 amide bonds. The number of carboxylic acids is 1. The lowest BCUT2D eigenvalue weighted by atomic mass is 10.1. The van der Waals surface area contributed by atoms with Gasteiger partial charge in [0.15, 0.2) is 0 Å². The molecule has 124 valence electrons. The third kappa shape index (κ3) is 6.64. The first-order valence-electron chi connectivity index (χ1n) is 6.84. The van der Waals surface area contributed by atoms with E-state index in [1.807, 2.05) is 26.8 Å². The van der Waals surface area contributed by atoms with Crippen LogP contribution in [0.25, 0.3) is 0 Å². The standard InChI is InChI=1S/C15H21ClN2O3.ClH/c1-4-5-18(9-14(20)21)8-13(19)17-15-11(3)6-10(2)7-12(15)16;/h6-7H,4-5,8-9H2,1-3H3,(H,17,19)(H,20,21);1H. The number of nitrogens with one attached hydrogen (secondary N) is 1. The fourth-order valence-corrected chi connectivity index (χ4v) is 2.55. The minimum Gasteiger partial charge on any atom is -0.480 e. The number of rotatable bonds is 7. The Labute approximate surface area is 142 Å². The van der Waals surface area contributed by atoms with Crippen LogP contribution in [0.5, 0.6) is 0 Å². The number of benzene rings is 1. The molecule has 1 aromatic rings. The van der Waals surface area contributed by atoms with Crippen LogP contribution in [0.3, 0.4) is 0 Å². The average molecular weight is 349 g/mol. The summed E-state index contributed by atoms with van der Waals surface area (Å²) < 4.78 is 0. The SMILES string of the molecule is CCCN(CC(=O)O)CC(=O)Nc1c(C)cc(C)cc1Cl.Cl. The maximum absolute atomic E-state index is 12.1. The van der Waals surface area contributed by atoms with Crippen LogP contribution in [0.1, 0.15) is 24.5 Å². The highest BCUT2D eigenvalue weighted by Gasteiger charge is 2.15. The minimum absolute atomic E-state index is 0. The van der Waals surface area contributed by atoms with Crippen molar-refractivity contribution in [3.05, 3.63) is 28.3 Å².